The molecule has 5 nitrogen and oxygen atoms in total. The van der Waals surface area contributed by atoms with Gasteiger partial charge in [0.2, 0.25) is 0 Å². The molecule has 2 aromatic rings. The van der Waals surface area contributed by atoms with Crippen molar-refractivity contribution in [2.75, 3.05) is 6.61 Å². The first-order valence-corrected chi connectivity index (χ1v) is 6.53. The Morgan fingerprint density at radius 1 is 1.32 bits per heavy atom. The van der Waals surface area contributed by atoms with Crippen molar-refractivity contribution in [3.8, 4) is 5.69 Å². The lowest BCUT2D eigenvalue weighted by molar-refractivity contribution is 0.117. The van der Waals surface area contributed by atoms with Gasteiger partial charge in [-0.2, -0.15) is 0 Å². The summed E-state index contributed by atoms with van der Waals surface area (Å²) in [7, 11) is 0. The van der Waals surface area contributed by atoms with Crippen LogP contribution in [0.2, 0.25) is 0 Å². The molecule has 1 saturated heterocycles. The number of rotatable bonds is 3. The van der Waals surface area contributed by atoms with Gasteiger partial charge in [-0.25, -0.2) is 0 Å². The van der Waals surface area contributed by atoms with E-state index in [1.165, 1.54) is 0 Å². The van der Waals surface area contributed by atoms with Gasteiger partial charge in [0.15, 0.2) is 5.82 Å². The Morgan fingerprint density at radius 2 is 2.11 bits per heavy atom. The van der Waals surface area contributed by atoms with Gasteiger partial charge in [-0.3, -0.25) is 4.57 Å². The van der Waals surface area contributed by atoms with Crippen molar-refractivity contribution in [3.05, 3.63) is 42.0 Å². The fraction of sp³-hybridized carbons (Fsp3) is 0.429. The molecule has 2 unspecified atom stereocenters. The zero-order valence-electron chi connectivity index (χ0n) is 10.9. The van der Waals surface area contributed by atoms with Crippen LogP contribution in [-0.2, 0) is 11.3 Å². The van der Waals surface area contributed by atoms with Gasteiger partial charge in [-0.1, -0.05) is 18.2 Å². The first-order chi connectivity index (χ1) is 9.31. The van der Waals surface area contributed by atoms with E-state index in [4.69, 9.17) is 4.74 Å². The molecule has 0 bridgehead atoms. The van der Waals surface area contributed by atoms with Gasteiger partial charge >= 0.3 is 0 Å². The molecule has 3 rings (SSSR count). The van der Waals surface area contributed by atoms with Gasteiger partial charge in [-0.15, -0.1) is 10.2 Å². The van der Waals surface area contributed by atoms with Gasteiger partial charge in [0.25, 0.3) is 0 Å². The van der Waals surface area contributed by atoms with Crippen LogP contribution in [0.25, 0.3) is 5.69 Å². The van der Waals surface area contributed by atoms with E-state index >= 15 is 0 Å². The first kappa shape index (κ1) is 12.3. The molecule has 1 N–H and O–H groups in total. The SMILES string of the molecule is CC1OCCC1c1nnc(CO)n1-c1ccccc1. The van der Waals surface area contributed by atoms with Crippen molar-refractivity contribution >= 4 is 0 Å². The summed E-state index contributed by atoms with van der Waals surface area (Å²) in [5.41, 5.74) is 0.977. The predicted molar refractivity (Wildman–Crippen MR) is 70.1 cm³/mol. The van der Waals surface area contributed by atoms with E-state index in [0.29, 0.717) is 5.82 Å². The molecule has 100 valence electrons. The predicted octanol–water partition coefficient (Wildman–Crippen LogP) is 1.65. The molecular weight excluding hydrogens is 242 g/mol. The highest BCUT2D eigenvalue weighted by Gasteiger charge is 2.31. The van der Waals surface area contributed by atoms with Gasteiger partial charge in [-0.05, 0) is 25.5 Å². The first-order valence-electron chi connectivity index (χ1n) is 6.53. The quantitative estimate of drug-likeness (QED) is 0.910. The maximum atomic E-state index is 9.45. The molecule has 1 aromatic carbocycles. The van der Waals surface area contributed by atoms with E-state index in [-0.39, 0.29) is 18.6 Å². The summed E-state index contributed by atoms with van der Waals surface area (Å²) in [6, 6.07) is 9.89. The third-order valence-corrected chi connectivity index (χ3v) is 3.62. The normalized spacial score (nSPS) is 22.8. The molecule has 0 aliphatic carbocycles. The van der Waals surface area contributed by atoms with Crippen LogP contribution < -0.4 is 0 Å². The average molecular weight is 259 g/mol. The molecule has 19 heavy (non-hydrogen) atoms. The van der Waals surface area contributed by atoms with Gasteiger partial charge < -0.3 is 9.84 Å². The molecule has 0 radical (unpaired) electrons. The van der Waals surface area contributed by atoms with Crippen molar-refractivity contribution in [1.29, 1.82) is 0 Å². The molecule has 1 fully saturated rings. The minimum Gasteiger partial charge on any atom is -0.388 e. The molecule has 0 saturated carbocycles. The van der Waals surface area contributed by atoms with Crippen LogP contribution in [0.1, 0.15) is 30.9 Å². The molecule has 0 spiro atoms. The van der Waals surface area contributed by atoms with Crippen molar-refractivity contribution in [2.45, 2.75) is 32.0 Å². The van der Waals surface area contributed by atoms with Gasteiger partial charge in [0.05, 0.1) is 6.10 Å². The molecular formula is C14H17N3O2. The Hall–Kier alpha value is -1.72. The van der Waals surface area contributed by atoms with Crippen LogP contribution in [0, 0.1) is 0 Å². The van der Waals surface area contributed by atoms with Crippen LogP contribution >= 0.6 is 0 Å². The van der Waals surface area contributed by atoms with E-state index in [0.717, 1.165) is 24.5 Å². The maximum absolute atomic E-state index is 9.45. The molecule has 2 heterocycles. The summed E-state index contributed by atoms with van der Waals surface area (Å²) >= 11 is 0. The smallest absolute Gasteiger partial charge is 0.163 e. The zero-order chi connectivity index (χ0) is 13.2. The highest BCUT2D eigenvalue weighted by Crippen LogP contribution is 2.31. The Kier molecular flexibility index (Phi) is 3.31. The summed E-state index contributed by atoms with van der Waals surface area (Å²) in [4.78, 5) is 0. The second-order valence-corrected chi connectivity index (χ2v) is 4.77. The number of benzene rings is 1. The number of hydrogen-bond donors (Lipinski definition) is 1. The number of aromatic nitrogens is 3. The second-order valence-electron chi connectivity index (χ2n) is 4.77. The Bertz CT molecular complexity index is 553. The van der Waals surface area contributed by atoms with E-state index in [1.807, 2.05) is 34.9 Å². The number of aliphatic hydroxyl groups excluding tert-OH is 1. The van der Waals surface area contributed by atoms with Crippen molar-refractivity contribution in [3.63, 3.8) is 0 Å². The summed E-state index contributed by atoms with van der Waals surface area (Å²) in [5.74, 6) is 1.67. The number of nitrogens with zero attached hydrogens (tertiary/aromatic N) is 3. The summed E-state index contributed by atoms with van der Waals surface area (Å²) in [6.07, 6.45) is 1.08. The van der Waals surface area contributed by atoms with E-state index in [2.05, 4.69) is 17.1 Å². The molecule has 1 aliphatic heterocycles. The van der Waals surface area contributed by atoms with E-state index < -0.39 is 0 Å². The van der Waals surface area contributed by atoms with Crippen LogP contribution in [-0.4, -0.2) is 32.6 Å². The summed E-state index contributed by atoms with van der Waals surface area (Å²) < 4.78 is 7.55. The third-order valence-electron chi connectivity index (χ3n) is 3.62. The average Bonchev–Trinajstić information content (AvgIpc) is 3.05. The fourth-order valence-corrected chi connectivity index (χ4v) is 2.60. The largest absolute Gasteiger partial charge is 0.388 e. The Balaban J connectivity index is 2.08. The minimum absolute atomic E-state index is 0.121. The van der Waals surface area contributed by atoms with Crippen LogP contribution in [0.5, 0.6) is 0 Å². The molecule has 5 heteroatoms. The number of para-hydroxylation sites is 1. The second kappa shape index (κ2) is 5.11. The van der Waals surface area contributed by atoms with E-state index in [1.54, 1.807) is 0 Å². The highest BCUT2D eigenvalue weighted by molar-refractivity contribution is 5.34. The minimum atomic E-state index is -0.121. The number of hydrogen-bond acceptors (Lipinski definition) is 4. The summed E-state index contributed by atoms with van der Waals surface area (Å²) in [6.45, 7) is 2.69. The lowest BCUT2D eigenvalue weighted by Gasteiger charge is -2.16. The van der Waals surface area contributed by atoms with E-state index in [9.17, 15) is 5.11 Å². The molecule has 1 aliphatic rings. The van der Waals surface area contributed by atoms with Crippen LogP contribution in [0.15, 0.2) is 30.3 Å². The lowest BCUT2D eigenvalue weighted by Crippen LogP contribution is -2.15. The number of aliphatic hydroxyl groups is 1. The lowest BCUT2D eigenvalue weighted by atomic mass is 10.0. The monoisotopic (exact) mass is 259 g/mol. The van der Waals surface area contributed by atoms with Crippen molar-refractivity contribution < 1.29 is 9.84 Å². The fourth-order valence-electron chi connectivity index (χ4n) is 2.60. The van der Waals surface area contributed by atoms with Crippen molar-refractivity contribution in [1.82, 2.24) is 14.8 Å². The molecule has 1 aromatic heterocycles. The third kappa shape index (κ3) is 2.15. The number of ether oxygens (including phenoxy) is 1. The summed E-state index contributed by atoms with van der Waals surface area (Å²) in [5, 5.41) is 17.8. The van der Waals surface area contributed by atoms with Gasteiger partial charge in [0, 0.05) is 18.2 Å². The molecule has 0 amide bonds. The molecule has 2 atom stereocenters. The Morgan fingerprint density at radius 3 is 2.74 bits per heavy atom. The maximum Gasteiger partial charge on any atom is 0.163 e. The zero-order valence-corrected chi connectivity index (χ0v) is 10.9. The topological polar surface area (TPSA) is 60.2 Å². The van der Waals surface area contributed by atoms with Gasteiger partial charge in [0.1, 0.15) is 12.4 Å². The van der Waals surface area contributed by atoms with Crippen LogP contribution in [0.3, 0.4) is 0 Å². The Labute approximate surface area is 111 Å². The standard InChI is InChI=1S/C14H17N3O2/c1-10-12(7-8-19-10)14-16-15-13(9-18)17(14)11-5-3-2-4-6-11/h2-6,10,12,18H,7-9H2,1H3. The van der Waals surface area contributed by atoms with Crippen molar-refractivity contribution in [2.24, 2.45) is 0 Å². The highest BCUT2D eigenvalue weighted by atomic mass is 16.5. The van der Waals surface area contributed by atoms with Crippen LogP contribution in [0.4, 0.5) is 0 Å².